The number of rotatable bonds is 8. The molecule has 1 atom stereocenters. The Hall–Kier alpha value is -2.97. The molecule has 158 valence electrons. The molecule has 0 aliphatic carbocycles. The molecule has 0 fully saturated rings. The Morgan fingerprint density at radius 1 is 1.30 bits per heavy atom. The van der Waals surface area contributed by atoms with Crippen molar-refractivity contribution in [3.63, 3.8) is 0 Å². The molecule has 2 aromatic carbocycles. The summed E-state index contributed by atoms with van der Waals surface area (Å²) in [5, 5.41) is 10.9. The number of benzene rings is 2. The lowest BCUT2D eigenvalue weighted by molar-refractivity contribution is 0.0469. The van der Waals surface area contributed by atoms with Crippen LogP contribution < -0.4 is 4.74 Å². The predicted octanol–water partition coefficient (Wildman–Crippen LogP) is 3.43. The van der Waals surface area contributed by atoms with Crippen LogP contribution in [0.4, 0.5) is 8.78 Å². The Morgan fingerprint density at radius 2 is 2.07 bits per heavy atom. The Morgan fingerprint density at radius 3 is 2.73 bits per heavy atom. The monoisotopic (exact) mass is 435 g/mol. The zero-order chi connectivity index (χ0) is 21.7. The highest BCUT2D eigenvalue weighted by molar-refractivity contribution is 6.31. The molecule has 1 N–H and O–H groups in total. The molecule has 0 bridgehead atoms. The van der Waals surface area contributed by atoms with Crippen molar-refractivity contribution >= 4 is 17.5 Å². The van der Waals surface area contributed by atoms with Crippen molar-refractivity contribution < 1.29 is 23.4 Å². The van der Waals surface area contributed by atoms with Gasteiger partial charge < -0.3 is 19.3 Å². The second-order valence-corrected chi connectivity index (χ2v) is 7.11. The number of carbonyl (C=O) groups is 1. The van der Waals surface area contributed by atoms with Crippen LogP contribution >= 0.6 is 11.6 Å². The molecule has 3 rings (SSSR count). The number of aromatic nitrogens is 2. The average Bonchev–Trinajstić information content (AvgIpc) is 3.13. The predicted molar refractivity (Wildman–Crippen MR) is 107 cm³/mol. The summed E-state index contributed by atoms with van der Waals surface area (Å²) >= 11 is 6.22. The number of nitrogens with zero attached hydrogens (tertiary/aromatic N) is 3. The van der Waals surface area contributed by atoms with Crippen LogP contribution in [0.25, 0.3) is 0 Å². The molecule has 0 saturated carbocycles. The topological polar surface area (TPSA) is 67.6 Å². The lowest BCUT2D eigenvalue weighted by Crippen LogP contribution is -2.40. The number of hydrogen-bond acceptors (Lipinski definition) is 4. The van der Waals surface area contributed by atoms with Crippen molar-refractivity contribution in [2.24, 2.45) is 7.05 Å². The first kappa shape index (κ1) is 21.7. The first-order valence-electron chi connectivity index (χ1n) is 9.10. The molecule has 1 amide bonds. The SMILES string of the molecule is Cn1cncc1C(=O)N(Cc1ccccc1Cl)CC(O)COc1ccc(F)cc1F. The summed E-state index contributed by atoms with van der Waals surface area (Å²) in [6.07, 6.45) is 1.80. The van der Waals surface area contributed by atoms with Gasteiger partial charge in [0.1, 0.15) is 24.2 Å². The molecule has 0 spiro atoms. The van der Waals surface area contributed by atoms with Gasteiger partial charge in [-0.25, -0.2) is 13.8 Å². The maximum absolute atomic E-state index is 13.7. The van der Waals surface area contributed by atoms with Gasteiger partial charge in [0.2, 0.25) is 0 Å². The summed E-state index contributed by atoms with van der Waals surface area (Å²) in [6, 6.07) is 9.95. The standard InChI is InChI=1S/C21H20ClF2N3O3/c1-26-13-25-9-19(26)21(29)27(10-14-4-2-3-5-17(14)22)11-16(28)12-30-20-7-6-15(23)8-18(20)24/h2-9,13,16,28H,10-12H2,1H3. The normalized spacial score (nSPS) is 11.9. The third-order valence-corrected chi connectivity index (χ3v) is 4.77. The van der Waals surface area contributed by atoms with Gasteiger partial charge in [-0.15, -0.1) is 0 Å². The molecule has 0 aliphatic heterocycles. The van der Waals surface area contributed by atoms with E-state index in [0.717, 1.165) is 12.1 Å². The quantitative estimate of drug-likeness (QED) is 0.588. The van der Waals surface area contributed by atoms with Crippen LogP contribution in [0.1, 0.15) is 16.1 Å². The summed E-state index contributed by atoms with van der Waals surface area (Å²) in [6.45, 7) is -0.246. The van der Waals surface area contributed by atoms with Crippen LogP contribution in [0.5, 0.6) is 5.75 Å². The van der Waals surface area contributed by atoms with E-state index in [2.05, 4.69) is 4.98 Å². The van der Waals surface area contributed by atoms with Crippen LogP contribution in [0.2, 0.25) is 5.02 Å². The zero-order valence-corrected chi connectivity index (χ0v) is 16.9. The number of imidazole rings is 1. The van der Waals surface area contributed by atoms with Gasteiger partial charge in [-0.1, -0.05) is 29.8 Å². The van der Waals surface area contributed by atoms with E-state index in [1.807, 2.05) is 0 Å². The van der Waals surface area contributed by atoms with Crippen LogP contribution in [0.15, 0.2) is 55.0 Å². The van der Waals surface area contributed by atoms with Gasteiger partial charge in [-0.3, -0.25) is 4.79 Å². The first-order valence-corrected chi connectivity index (χ1v) is 9.48. The van der Waals surface area contributed by atoms with E-state index in [-0.39, 0.29) is 31.4 Å². The lowest BCUT2D eigenvalue weighted by atomic mass is 10.2. The molecule has 1 unspecified atom stereocenters. The second-order valence-electron chi connectivity index (χ2n) is 6.71. The molecule has 1 aromatic heterocycles. The molecule has 30 heavy (non-hydrogen) atoms. The zero-order valence-electron chi connectivity index (χ0n) is 16.1. The molecule has 6 nitrogen and oxygen atoms in total. The van der Waals surface area contributed by atoms with Crippen molar-refractivity contribution in [3.05, 3.63) is 82.9 Å². The van der Waals surface area contributed by atoms with Crippen LogP contribution in [-0.4, -0.2) is 44.7 Å². The Kier molecular flexibility index (Phi) is 7.02. The average molecular weight is 436 g/mol. The highest BCUT2D eigenvalue weighted by atomic mass is 35.5. The van der Waals surface area contributed by atoms with Crippen molar-refractivity contribution in [1.82, 2.24) is 14.5 Å². The Labute approximate surface area is 177 Å². The van der Waals surface area contributed by atoms with E-state index in [1.54, 1.807) is 35.9 Å². The van der Waals surface area contributed by atoms with Crippen LogP contribution in [0.3, 0.4) is 0 Å². The number of amides is 1. The summed E-state index contributed by atoms with van der Waals surface area (Å²) in [4.78, 5) is 18.4. The van der Waals surface area contributed by atoms with E-state index in [9.17, 15) is 18.7 Å². The number of hydrogen-bond donors (Lipinski definition) is 1. The molecule has 3 aromatic rings. The largest absolute Gasteiger partial charge is 0.488 e. The van der Waals surface area contributed by atoms with E-state index < -0.39 is 17.7 Å². The molecular formula is C21H20ClF2N3O3. The third-order valence-electron chi connectivity index (χ3n) is 4.40. The molecular weight excluding hydrogens is 416 g/mol. The van der Waals surface area contributed by atoms with Gasteiger partial charge in [-0.05, 0) is 23.8 Å². The van der Waals surface area contributed by atoms with E-state index in [1.165, 1.54) is 17.4 Å². The van der Waals surface area contributed by atoms with E-state index >= 15 is 0 Å². The first-order chi connectivity index (χ1) is 14.3. The number of aryl methyl sites for hydroxylation is 1. The second kappa shape index (κ2) is 9.69. The van der Waals surface area contributed by atoms with Crippen molar-refractivity contribution in [1.29, 1.82) is 0 Å². The van der Waals surface area contributed by atoms with E-state index in [0.29, 0.717) is 22.3 Å². The maximum atomic E-state index is 13.7. The summed E-state index contributed by atoms with van der Waals surface area (Å²) < 4.78 is 33.5. The molecule has 0 aliphatic rings. The highest BCUT2D eigenvalue weighted by Gasteiger charge is 2.23. The molecule has 0 radical (unpaired) electrons. The Bertz CT molecular complexity index is 1030. The summed E-state index contributed by atoms with van der Waals surface area (Å²) in [7, 11) is 1.69. The van der Waals surface area contributed by atoms with Gasteiger partial charge in [0.05, 0.1) is 19.1 Å². The highest BCUT2D eigenvalue weighted by Crippen LogP contribution is 2.20. The summed E-state index contributed by atoms with van der Waals surface area (Å²) in [5.74, 6) is -2.15. The fourth-order valence-corrected chi connectivity index (χ4v) is 3.06. The van der Waals surface area contributed by atoms with Gasteiger partial charge in [0, 0.05) is 24.7 Å². The number of halogens is 3. The third kappa shape index (κ3) is 5.34. The Balaban J connectivity index is 1.73. The molecule has 1 heterocycles. The van der Waals surface area contributed by atoms with Gasteiger partial charge in [-0.2, -0.15) is 0 Å². The van der Waals surface area contributed by atoms with Crippen LogP contribution in [0, 0.1) is 11.6 Å². The van der Waals surface area contributed by atoms with Gasteiger partial charge >= 0.3 is 0 Å². The number of carbonyl (C=O) groups excluding carboxylic acids is 1. The summed E-state index contributed by atoms with van der Waals surface area (Å²) in [5.41, 5.74) is 1.03. The fourth-order valence-electron chi connectivity index (χ4n) is 2.86. The minimum absolute atomic E-state index is 0.0992. The minimum Gasteiger partial charge on any atom is -0.488 e. The molecule has 9 heteroatoms. The maximum Gasteiger partial charge on any atom is 0.272 e. The number of ether oxygens (including phenoxy) is 1. The smallest absolute Gasteiger partial charge is 0.272 e. The van der Waals surface area contributed by atoms with E-state index in [4.69, 9.17) is 16.3 Å². The van der Waals surface area contributed by atoms with Crippen molar-refractivity contribution in [3.8, 4) is 5.75 Å². The van der Waals surface area contributed by atoms with Gasteiger partial charge in [0.25, 0.3) is 5.91 Å². The van der Waals surface area contributed by atoms with Crippen molar-refractivity contribution in [2.75, 3.05) is 13.2 Å². The van der Waals surface area contributed by atoms with Crippen molar-refractivity contribution in [2.45, 2.75) is 12.6 Å². The fraction of sp³-hybridized carbons (Fsp3) is 0.238. The van der Waals surface area contributed by atoms with Gasteiger partial charge in [0.15, 0.2) is 11.6 Å². The molecule has 0 saturated heterocycles. The number of aliphatic hydroxyl groups is 1. The number of aliphatic hydroxyl groups excluding tert-OH is 1. The minimum atomic E-state index is -1.13. The lowest BCUT2D eigenvalue weighted by Gasteiger charge is -2.26. The van der Waals surface area contributed by atoms with Crippen LogP contribution in [-0.2, 0) is 13.6 Å².